The Morgan fingerprint density at radius 1 is 1.42 bits per heavy atom. The van der Waals surface area contributed by atoms with Crippen molar-refractivity contribution in [3.05, 3.63) is 50.8 Å². The van der Waals surface area contributed by atoms with E-state index < -0.39 is 5.41 Å². The van der Waals surface area contributed by atoms with Crippen LogP contribution in [0.25, 0.3) is 0 Å². The SMILES string of the molecule is COC(=O)[C@@]1(Cc2cscn2)C[C@H]2CC[C@@H]1N2C(=O)c1cccc(=O)[nH]1. The highest BCUT2D eigenvalue weighted by atomic mass is 32.1. The van der Waals surface area contributed by atoms with Gasteiger partial charge in [0.1, 0.15) is 5.69 Å². The van der Waals surface area contributed by atoms with E-state index in [9.17, 15) is 14.4 Å². The molecular formula is C18H19N3O4S. The van der Waals surface area contributed by atoms with Gasteiger partial charge < -0.3 is 14.6 Å². The standard InChI is InChI=1S/C18H19N3O4S/c1-25-17(24)18(7-11-9-26-10-19-11)8-12-5-6-14(18)21(12)16(23)13-3-2-4-15(22)20-13/h2-4,9-10,12,14H,5-8H2,1H3,(H,20,22)/t12-,14+,18+/m1/s1. The van der Waals surface area contributed by atoms with E-state index in [2.05, 4.69) is 9.97 Å². The van der Waals surface area contributed by atoms with Gasteiger partial charge in [-0.15, -0.1) is 11.3 Å². The van der Waals surface area contributed by atoms with Gasteiger partial charge in [0.05, 0.1) is 23.7 Å². The molecule has 26 heavy (non-hydrogen) atoms. The van der Waals surface area contributed by atoms with Crippen LogP contribution in [0.1, 0.15) is 35.4 Å². The Labute approximate surface area is 154 Å². The minimum absolute atomic E-state index is 0.0334. The van der Waals surface area contributed by atoms with E-state index in [4.69, 9.17) is 4.74 Å². The van der Waals surface area contributed by atoms with Crippen molar-refractivity contribution in [1.82, 2.24) is 14.9 Å². The number of methoxy groups -OCH3 is 1. The third-order valence-corrected chi connectivity index (χ3v) is 6.18. The molecule has 2 fully saturated rings. The second-order valence-corrected chi connectivity index (χ2v) is 7.62. The second-order valence-electron chi connectivity index (χ2n) is 6.90. The van der Waals surface area contributed by atoms with Crippen molar-refractivity contribution < 1.29 is 14.3 Å². The summed E-state index contributed by atoms with van der Waals surface area (Å²) in [5.41, 5.74) is 1.74. The largest absolute Gasteiger partial charge is 0.469 e. The van der Waals surface area contributed by atoms with Crippen LogP contribution in [-0.4, -0.2) is 45.9 Å². The maximum absolute atomic E-state index is 13.1. The van der Waals surface area contributed by atoms with Crippen molar-refractivity contribution in [3.63, 3.8) is 0 Å². The van der Waals surface area contributed by atoms with E-state index in [-0.39, 0.29) is 35.2 Å². The molecule has 1 amide bonds. The van der Waals surface area contributed by atoms with Crippen LogP contribution in [0.4, 0.5) is 0 Å². The lowest BCUT2D eigenvalue weighted by Gasteiger charge is -2.34. The average Bonchev–Trinajstić information content (AvgIpc) is 3.36. The van der Waals surface area contributed by atoms with Gasteiger partial charge in [-0.2, -0.15) is 0 Å². The van der Waals surface area contributed by atoms with Crippen molar-refractivity contribution in [2.75, 3.05) is 7.11 Å². The third-order valence-electron chi connectivity index (χ3n) is 5.55. The summed E-state index contributed by atoms with van der Waals surface area (Å²) in [5, 5.41) is 1.93. The van der Waals surface area contributed by atoms with E-state index in [1.807, 2.05) is 5.38 Å². The Kier molecular flexibility index (Phi) is 4.14. The molecule has 7 nitrogen and oxygen atoms in total. The van der Waals surface area contributed by atoms with E-state index in [0.717, 1.165) is 18.5 Å². The first kappa shape index (κ1) is 17.0. The van der Waals surface area contributed by atoms with E-state index in [0.29, 0.717) is 12.8 Å². The van der Waals surface area contributed by atoms with E-state index in [1.54, 1.807) is 22.5 Å². The number of H-pyrrole nitrogens is 1. The van der Waals surface area contributed by atoms with Gasteiger partial charge in [0.2, 0.25) is 5.56 Å². The molecule has 2 bridgehead atoms. The number of hydrogen-bond acceptors (Lipinski definition) is 6. The lowest BCUT2D eigenvalue weighted by Crippen LogP contribution is -2.47. The van der Waals surface area contributed by atoms with Gasteiger partial charge in [0.25, 0.3) is 5.91 Å². The molecule has 1 N–H and O–H groups in total. The summed E-state index contributed by atoms with van der Waals surface area (Å²) >= 11 is 1.48. The van der Waals surface area contributed by atoms with Gasteiger partial charge in [0, 0.05) is 30.0 Å². The number of aromatic amines is 1. The Balaban J connectivity index is 1.70. The van der Waals surface area contributed by atoms with Gasteiger partial charge >= 0.3 is 5.97 Å². The third kappa shape index (κ3) is 2.56. The molecule has 4 rings (SSSR count). The number of nitrogens with one attached hydrogen (secondary N) is 1. The number of carbonyl (C=O) groups excluding carboxylic acids is 2. The van der Waals surface area contributed by atoms with Crippen molar-refractivity contribution >= 4 is 23.2 Å². The minimum Gasteiger partial charge on any atom is -0.469 e. The molecule has 0 unspecified atom stereocenters. The summed E-state index contributed by atoms with van der Waals surface area (Å²) in [5.74, 6) is -0.531. The first-order chi connectivity index (χ1) is 12.5. The predicted molar refractivity (Wildman–Crippen MR) is 94.9 cm³/mol. The van der Waals surface area contributed by atoms with Gasteiger partial charge in [-0.3, -0.25) is 14.4 Å². The summed E-state index contributed by atoms with van der Waals surface area (Å²) < 4.78 is 5.13. The Morgan fingerprint density at radius 3 is 2.96 bits per heavy atom. The van der Waals surface area contributed by atoms with E-state index in [1.165, 1.54) is 24.5 Å². The Hall–Kier alpha value is -2.48. The van der Waals surface area contributed by atoms with Crippen LogP contribution >= 0.6 is 11.3 Å². The van der Waals surface area contributed by atoms with Crippen molar-refractivity contribution in [1.29, 1.82) is 0 Å². The lowest BCUT2D eigenvalue weighted by atomic mass is 9.71. The fourth-order valence-electron chi connectivity index (χ4n) is 4.53. The first-order valence-electron chi connectivity index (χ1n) is 8.52. The second kappa shape index (κ2) is 6.35. The maximum atomic E-state index is 13.1. The fraction of sp³-hybridized carbons (Fsp3) is 0.444. The van der Waals surface area contributed by atoms with Crippen LogP contribution in [0.3, 0.4) is 0 Å². The molecule has 0 spiro atoms. The van der Waals surface area contributed by atoms with Crippen molar-refractivity contribution in [2.45, 2.75) is 37.8 Å². The number of nitrogens with zero attached hydrogens (tertiary/aromatic N) is 2. The molecule has 0 radical (unpaired) electrons. The molecular weight excluding hydrogens is 354 g/mol. The molecule has 0 aliphatic carbocycles. The van der Waals surface area contributed by atoms with Gasteiger partial charge in [-0.05, 0) is 25.3 Å². The first-order valence-corrected chi connectivity index (χ1v) is 9.47. The van der Waals surface area contributed by atoms with Crippen molar-refractivity contribution in [3.8, 4) is 0 Å². The van der Waals surface area contributed by atoms with Crippen LogP contribution < -0.4 is 5.56 Å². The molecule has 2 aliphatic heterocycles. The molecule has 2 saturated heterocycles. The highest BCUT2D eigenvalue weighted by molar-refractivity contribution is 7.07. The number of rotatable bonds is 4. The van der Waals surface area contributed by atoms with E-state index >= 15 is 0 Å². The summed E-state index contributed by atoms with van der Waals surface area (Å²) in [6.45, 7) is 0. The Bertz CT molecular complexity index is 894. The smallest absolute Gasteiger partial charge is 0.314 e. The summed E-state index contributed by atoms with van der Waals surface area (Å²) in [4.78, 5) is 46.1. The maximum Gasteiger partial charge on any atom is 0.314 e. The van der Waals surface area contributed by atoms with Crippen LogP contribution in [0.15, 0.2) is 33.9 Å². The number of fused-ring (bicyclic) bond motifs is 2. The molecule has 2 aliphatic rings. The molecule has 136 valence electrons. The Morgan fingerprint density at radius 2 is 2.27 bits per heavy atom. The summed E-state index contributed by atoms with van der Waals surface area (Å²) in [7, 11) is 1.39. The highest BCUT2D eigenvalue weighted by Crippen LogP contribution is 2.52. The zero-order chi connectivity index (χ0) is 18.3. The van der Waals surface area contributed by atoms with Gasteiger partial charge in [-0.25, -0.2) is 4.98 Å². The molecule has 4 heterocycles. The number of aromatic nitrogens is 2. The highest BCUT2D eigenvalue weighted by Gasteiger charge is 2.62. The number of hydrogen-bond donors (Lipinski definition) is 1. The molecule has 8 heteroatoms. The summed E-state index contributed by atoms with van der Waals surface area (Å²) in [6.07, 6.45) is 2.61. The monoisotopic (exact) mass is 373 g/mol. The number of esters is 1. The molecule has 2 aromatic heterocycles. The topological polar surface area (TPSA) is 92.4 Å². The molecule has 0 saturated carbocycles. The molecule has 2 aromatic rings. The van der Waals surface area contributed by atoms with Crippen LogP contribution in [0, 0.1) is 5.41 Å². The number of thiazole rings is 1. The zero-order valence-electron chi connectivity index (χ0n) is 14.3. The number of ether oxygens (including phenoxy) is 1. The fourth-order valence-corrected chi connectivity index (χ4v) is 5.09. The predicted octanol–water partition coefficient (Wildman–Crippen LogP) is 1.61. The van der Waals surface area contributed by atoms with Crippen LogP contribution in [0.2, 0.25) is 0 Å². The van der Waals surface area contributed by atoms with Crippen LogP contribution in [0.5, 0.6) is 0 Å². The summed E-state index contributed by atoms with van der Waals surface area (Å²) in [6, 6.07) is 4.25. The number of carbonyl (C=O) groups is 2. The minimum atomic E-state index is -0.781. The number of amides is 1. The number of pyridine rings is 1. The zero-order valence-corrected chi connectivity index (χ0v) is 15.1. The quantitative estimate of drug-likeness (QED) is 0.822. The van der Waals surface area contributed by atoms with Crippen LogP contribution in [-0.2, 0) is 16.0 Å². The normalized spacial score (nSPS) is 26.9. The molecule has 0 aromatic carbocycles. The molecule has 3 atom stereocenters. The van der Waals surface area contributed by atoms with Gasteiger partial charge in [0.15, 0.2) is 0 Å². The van der Waals surface area contributed by atoms with Gasteiger partial charge in [-0.1, -0.05) is 6.07 Å². The van der Waals surface area contributed by atoms with Crippen molar-refractivity contribution in [2.24, 2.45) is 5.41 Å². The average molecular weight is 373 g/mol. The lowest BCUT2D eigenvalue weighted by molar-refractivity contribution is -0.154.